The largest absolute Gasteiger partial charge is 0.497 e. The molecule has 0 amide bonds. The number of para-hydroxylation sites is 1. The zero-order valence-electron chi connectivity index (χ0n) is 15.2. The highest BCUT2D eigenvalue weighted by Crippen LogP contribution is 2.36. The normalized spacial score (nSPS) is 17.1. The van der Waals surface area contributed by atoms with E-state index in [9.17, 15) is 13.2 Å². The molecule has 0 spiro atoms. The predicted octanol–water partition coefficient (Wildman–Crippen LogP) is 5.04. The van der Waals surface area contributed by atoms with E-state index in [1.54, 1.807) is 31.6 Å². The second kappa shape index (κ2) is 7.24. The summed E-state index contributed by atoms with van der Waals surface area (Å²) in [7, 11) is 1.61. The monoisotopic (exact) mass is 388 g/mol. The van der Waals surface area contributed by atoms with Gasteiger partial charge in [-0.25, -0.2) is 0 Å². The van der Waals surface area contributed by atoms with Gasteiger partial charge in [0.1, 0.15) is 5.75 Å². The van der Waals surface area contributed by atoms with Crippen molar-refractivity contribution in [2.24, 2.45) is 0 Å². The Morgan fingerprint density at radius 2 is 1.89 bits per heavy atom. The van der Waals surface area contributed by atoms with Crippen molar-refractivity contribution in [2.75, 3.05) is 25.2 Å². The Bertz CT molecular complexity index is 968. The third-order valence-electron chi connectivity index (χ3n) is 4.76. The van der Waals surface area contributed by atoms with Crippen LogP contribution in [0.1, 0.15) is 17.4 Å². The molecule has 1 aliphatic rings. The number of ether oxygens (including phenoxy) is 2. The Hall–Kier alpha value is -2.93. The standard InChI is InChI=1S/C21H19F3N2O2/c1-27-17-6-4-5-16(13-17)26-11-12-28-20(26)15-9-10-25(14-15)19-8-3-2-7-18(19)21(22,23)24/h2-10,13-14,20H,11-12H2,1H3/t20-/m0/s1. The molecule has 7 heteroatoms. The predicted molar refractivity (Wildman–Crippen MR) is 99.8 cm³/mol. The van der Waals surface area contributed by atoms with Crippen molar-refractivity contribution in [3.05, 3.63) is 78.1 Å². The van der Waals surface area contributed by atoms with Crippen LogP contribution in [-0.4, -0.2) is 24.8 Å². The van der Waals surface area contributed by atoms with Crippen molar-refractivity contribution in [2.45, 2.75) is 12.4 Å². The molecule has 2 aromatic carbocycles. The lowest BCUT2D eigenvalue weighted by molar-refractivity contribution is -0.137. The van der Waals surface area contributed by atoms with Crippen molar-refractivity contribution in [1.29, 1.82) is 0 Å². The first-order chi connectivity index (χ1) is 13.5. The number of benzene rings is 2. The Morgan fingerprint density at radius 3 is 2.68 bits per heavy atom. The number of anilines is 1. The van der Waals surface area contributed by atoms with Crippen molar-refractivity contribution in [3.63, 3.8) is 0 Å². The average Bonchev–Trinajstić information content (AvgIpc) is 3.36. The van der Waals surface area contributed by atoms with Crippen LogP contribution in [0.4, 0.5) is 18.9 Å². The number of hydrogen-bond acceptors (Lipinski definition) is 3. The Balaban J connectivity index is 1.66. The van der Waals surface area contributed by atoms with E-state index in [-0.39, 0.29) is 11.9 Å². The van der Waals surface area contributed by atoms with Crippen molar-refractivity contribution >= 4 is 5.69 Å². The Labute approximate surface area is 160 Å². The van der Waals surface area contributed by atoms with Crippen molar-refractivity contribution < 1.29 is 22.6 Å². The van der Waals surface area contributed by atoms with Crippen LogP contribution in [0.2, 0.25) is 0 Å². The molecule has 146 valence electrons. The summed E-state index contributed by atoms with van der Waals surface area (Å²) in [6, 6.07) is 15.0. The van der Waals surface area contributed by atoms with Crippen LogP contribution in [0.15, 0.2) is 67.0 Å². The van der Waals surface area contributed by atoms with E-state index in [1.165, 1.54) is 16.7 Å². The van der Waals surface area contributed by atoms with Gasteiger partial charge in [0.2, 0.25) is 0 Å². The van der Waals surface area contributed by atoms with Crippen LogP contribution in [0.25, 0.3) is 5.69 Å². The van der Waals surface area contributed by atoms with Gasteiger partial charge in [-0.3, -0.25) is 0 Å². The van der Waals surface area contributed by atoms with E-state index < -0.39 is 11.7 Å². The van der Waals surface area contributed by atoms with Gasteiger partial charge < -0.3 is 18.9 Å². The molecule has 1 saturated heterocycles. The first kappa shape index (κ1) is 18.4. The number of hydrogen-bond donors (Lipinski definition) is 0. The van der Waals surface area contributed by atoms with Crippen LogP contribution in [0.5, 0.6) is 5.75 Å². The third kappa shape index (κ3) is 3.45. The van der Waals surface area contributed by atoms with E-state index in [0.29, 0.717) is 13.2 Å². The lowest BCUT2D eigenvalue weighted by Crippen LogP contribution is -2.23. The van der Waals surface area contributed by atoms with Gasteiger partial charge in [-0.15, -0.1) is 0 Å². The Morgan fingerprint density at radius 1 is 1.07 bits per heavy atom. The number of aromatic nitrogens is 1. The molecule has 1 aliphatic heterocycles. The quantitative estimate of drug-likeness (QED) is 0.627. The molecule has 0 radical (unpaired) electrons. The van der Waals surface area contributed by atoms with Gasteiger partial charge in [-0.05, 0) is 30.3 Å². The summed E-state index contributed by atoms with van der Waals surface area (Å²) in [5, 5.41) is 0. The maximum Gasteiger partial charge on any atom is 0.418 e. The van der Waals surface area contributed by atoms with E-state index in [0.717, 1.165) is 23.1 Å². The average molecular weight is 388 g/mol. The summed E-state index contributed by atoms with van der Waals surface area (Å²) in [5.74, 6) is 0.736. The summed E-state index contributed by atoms with van der Waals surface area (Å²) < 4.78 is 52.7. The maximum atomic E-state index is 13.3. The van der Waals surface area contributed by atoms with Crippen LogP contribution in [-0.2, 0) is 10.9 Å². The van der Waals surface area contributed by atoms with Crippen molar-refractivity contribution in [1.82, 2.24) is 4.57 Å². The van der Waals surface area contributed by atoms with E-state index >= 15 is 0 Å². The summed E-state index contributed by atoms with van der Waals surface area (Å²) in [4.78, 5) is 2.07. The summed E-state index contributed by atoms with van der Waals surface area (Å²) in [6.07, 6.45) is -1.47. The highest BCUT2D eigenvalue weighted by atomic mass is 19.4. The first-order valence-corrected chi connectivity index (χ1v) is 8.84. The fourth-order valence-corrected chi connectivity index (χ4v) is 3.45. The van der Waals surface area contributed by atoms with Crippen molar-refractivity contribution in [3.8, 4) is 11.4 Å². The van der Waals surface area contributed by atoms with Crippen LogP contribution in [0.3, 0.4) is 0 Å². The number of halogens is 3. The van der Waals surface area contributed by atoms with Gasteiger partial charge in [0.05, 0.1) is 25.0 Å². The Kier molecular flexibility index (Phi) is 4.77. The minimum absolute atomic E-state index is 0.0900. The molecule has 0 bridgehead atoms. The molecule has 0 unspecified atom stereocenters. The first-order valence-electron chi connectivity index (χ1n) is 8.84. The fraction of sp³-hybridized carbons (Fsp3) is 0.238. The van der Waals surface area contributed by atoms with Gasteiger partial charge in [0.15, 0.2) is 6.23 Å². The van der Waals surface area contributed by atoms with Gasteiger partial charge in [-0.2, -0.15) is 13.2 Å². The van der Waals surface area contributed by atoms with E-state index in [1.807, 2.05) is 24.3 Å². The minimum Gasteiger partial charge on any atom is -0.497 e. The molecule has 1 fully saturated rings. The summed E-state index contributed by atoms with van der Waals surface area (Å²) >= 11 is 0. The molecule has 1 aromatic heterocycles. The van der Waals surface area contributed by atoms with Gasteiger partial charge >= 0.3 is 6.18 Å². The van der Waals surface area contributed by atoms with E-state index in [4.69, 9.17) is 9.47 Å². The molecule has 3 aromatic rings. The molecular formula is C21H19F3N2O2. The van der Waals surface area contributed by atoms with Gasteiger partial charge in [-0.1, -0.05) is 18.2 Å². The molecule has 4 rings (SSSR count). The fourth-order valence-electron chi connectivity index (χ4n) is 3.45. The van der Waals surface area contributed by atoms with Crippen LogP contribution >= 0.6 is 0 Å². The topological polar surface area (TPSA) is 26.6 Å². The SMILES string of the molecule is COc1cccc(N2CCO[C@H]2c2ccn(-c3ccccc3C(F)(F)F)c2)c1. The van der Waals surface area contributed by atoms with E-state index in [2.05, 4.69) is 4.90 Å². The molecule has 2 heterocycles. The number of alkyl halides is 3. The highest BCUT2D eigenvalue weighted by molar-refractivity contribution is 5.53. The number of rotatable bonds is 4. The molecule has 1 atom stereocenters. The minimum atomic E-state index is -4.42. The maximum absolute atomic E-state index is 13.3. The zero-order valence-corrected chi connectivity index (χ0v) is 15.2. The second-order valence-electron chi connectivity index (χ2n) is 6.49. The van der Waals surface area contributed by atoms with Gasteiger partial charge in [0, 0.05) is 36.3 Å². The molecule has 0 N–H and O–H groups in total. The lowest BCUT2D eigenvalue weighted by Gasteiger charge is -2.25. The molecular weight excluding hydrogens is 369 g/mol. The number of nitrogens with zero attached hydrogens (tertiary/aromatic N) is 2. The zero-order chi connectivity index (χ0) is 19.7. The molecule has 28 heavy (non-hydrogen) atoms. The smallest absolute Gasteiger partial charge is 0.418 e. The van der Waals surface area contributed by atoms with Crippen LogP contribution < -0.4 is 9.64 Å². The summed E-state index contributed by atoms with van der Waals surface area (Å²) in [6.45, 7) is 1.22. The highest BCUT2D eigenvalue weighted by Gasteiger charge is 2.34. The molecule has 0 saturated carbocycles. The van der Waals surface area contributed by atoms with Gasteiger partial charge in [0.25, 0.3) is 0 Å². The third-order valence-corrected chi connectivity index (χ3v) is 4.76. The lowest BCUT2D eigenvalue weighted by atomic mass is 10.1. The summed E-state index contributed by atoms with van der Waals surface area (Å²) in [5.41, 5.74) is 1.14. The second-order valence-corrected chi connectivity index (χ2v) is 6.49. The van der Waals surface area contributed by atoms with Crippen LogP contribution in [0, 0.1) is 0 Å². The molecule has 0 aliphatic carbocycles. The number of methoxy groups -OCH3 is 1. The molecule has 4 nitrogen and oxygen atoms in total.